The molecule has 12 heteroatoms. The van der Waals surface area contributed by atoms with Gasteiger partial charge in [-0.2, -0.15) is 0 Å². The van der Waals surface area contributed by atoms with Crippen molar-refractivity contribution < 1.29 is 27.8 Å². The number of aromatic nitrogens is 2. The zero-order valence-electron chi connectivity index (χ0n) is 20.9. The molecule has 0 saturated heterocycles. The maximum absolute atomic E-state index is 15.0. The Morgan fingerprint density at radius 2 is 1.86 bits per heavy atom. The topological polar surface area (TPSA) is 140 Å². The summed E-state index contributed by atoms with van der Waals surface area (Å²) in [7, 11) is 1.28. The number of methoxy groups -OCH3 is 1. The summed E-state index contributed by atoms with van der Waals surface area (Å²) in [6, 6.07) is 1.25. The highest BCUT2D eigenvalue weighted by Crippen LogP contribution is 2.34. The lowest BCUT2D eigenvalue weighted by atomic mass is 9.77. The Kier molecular flexibility index (Phi) is 8.16. The normalized spacial score (nSPS) is 15.3. The molecular formula is C24H32F2N6O4. The first-order valence-corrected chi connectivity index (χ1v) is 11.6. The third-order valence-corrected chi connectivity index (χ3v) is 5.75. The van der Waals surface area contributed by atoms with Crippen molar-refractivity contribution in [2.24, 2.45) is 11.7 Å². The number of rotatable bonds is 9. The van der Waals surface area contributed by atoms with Crippen molar-refractivity contribution >= 4 is 29.3 Å². The first-order chi connectivity index (χ1) is 16.9. The number of alkyl carbamates (subject to hydrolysis) is 1. The van der Waals surface area contributed by atoms with E-state index in [1.54, 1.807) is 27.7 Å². The van der Waals surface area contributed by atoms with E-state index in [2.05, 4.69) is 25.9 Å². The average Bonchev–Trinajstić information content (AvgIpc) is 2.72. The summed E-state index contributed by atoms with van der Waals surface area (Å²) in [5, 5.41) is 8.65. The second-order valence-electron chi connectivity index (χ2n) is 9.72. The lowest BCUT2D eigenvalue weighted by Gasteiger charge is -2.38. The van der Waals surface area contributed by atoms with Gasteiger partial charge >= 0.3 is 6.09 Å². The van der Waals surface area contributed by atoms with Crippen LogP contribution in [0.3, 0.4) is 0 Å². The number of nitrogens with two attached hydrogens (primary N) is 1. The minimum Gasteiger partial charge on any atom is -0.479 e. The van der Waals surface area contributed by atoms with E-state index in [0.29, 0.717) is 0 Å². The monoisotopic (exact) mass is 506 g/mol. The van der Waals surface area contributed by atoms with Crippen LogP contribution >= 0.6 is 0 Å². The van der Waals surface area contributed by atoms with E-state index < -0.39 is 35.3 Å². The van der Waals surface area contributed by atoms with E-state index in [0.717, 1.165) is 31.4 Å². The van der Waals surface area contributed by atoms with Gasteiger partial charge in [-0.3, -0.25) is 4.79 Å². The van der Waals surface area contributed by atoms with Crippen LogP contribution in [0.5, 0.6) is 5.88 Å². The molecule has 2 heterocycles. The van der Waals surface area contributed by atoms with Crippen LogP contribution in [0.4, 0.5) is 30.9 Å². The minimum absolute atomic E-state index is 0.0853. The number of halogens is 2. The van der Waals surface area contributed by atoms with Crippen LogP contribution in [0.1, 0.15) is 57.3 Å². The lowest BCUT2D eigenvalue weighted by Crippen LogP contribution is -2.51. The number of hydrogen-bond acceptors (Lipinski definition) is 8. The van der Waals surface area contributed by atoms with Gasteiger partial charge in [0.05, 0.1) is 30.6 Å². The van der Waals surface area contributed by atoms with Crippen molar-refractivity contribution in [2.75, 3.05) is 17.7 Å². The fourth-order valence-corrected chi connectivity index (χ4v) is 3.84. The number of nitrogens with one attached hydrogen (secondary N) is 3. The molecule has 2 amide bonds. The van der Waals surface area contributed by atoms with Gasteiger partial charge in [-0.25, -0.2) is 23.5 Å². The fourth-order valence-electron chi connectivity index (χ4n) is 3.84. The summed E-state index contributed by atoms with van der Waals surface area (Å²) >= 11 is 0. The molecule has 0 aromatic carbocycles. The predicted molar refractivity (Wildman–Crippen MR) is 130 cm³/mol. The fraction of sp³-hybridized carbons (Fsp3) is 0.500. The zero-order valence-corrected chi connectivity index (χ0v) is 20.9. The number of nitrogens with zero attached hydrogens (tertiary/aromatic N) is 2. The van der Waals surface area contributed by atoms with E-state index >= 15 is 4.39 Å². The summed E-state index contributed by atoms with van der Waals surface area (Å²) in [6.07, 6.45) is 3.48. The van der Waals surface area contributed by atoms with Crippen molar-refractivity contribution in [3.63, 3.8) is 0 Å². The smallest absolute Gasteiger partial charge is 0.407 e. The highest BCUT2D eigenvalue weighted by atomic mass is 19.1. The van der Waals surface area contributed by atoms with E-state index in [4.69, 9.17) is 15.2 Å². The van der Waals surface area contributed by atoms with E-state index in [-0.39, 0.29) is 40.7 Å². The van der Waals surface area contributed by atoms with Crippen molar-refractivity contribution in [2.45, 2.75) is 64.6 Å². The van der Waals surface area contributed by atoms with Gasteiger partial charge < -0.3 is 31.2 Å². The molecule has 1 fully saturated rings. The molecule has 10 nitrogen and oxygen atoms in total. The van der Waals surface area contributed by atoms with Crippen LogP contribution in [0.25, 0.3) is 0 Å². The van der Waals surface area contributed by atoms with Gasteiger partial charge in [0.15, 0.2) is 17.5 Å². The third-order valence-electron chi connectivity index (χ3n) is 5.75. The Morgan fingerprint density at radius 3 is 2.39 bits per heavy atom. The molecule has 1 aliphatic carbocycles. The van der Waals surface area contributed by atoms with Gasteiger partial charge in [-0.1, -0.05) is 6.42 Å². The van der Waals surface area contributed by atoms with E-state index in [1.165, 1.54) is 13.3 Å². The Balaban J connectivity index is 1.88. The molecule has 0 bridgehead atoms. The van der Waals surface area contributed by atoms with E-state index in [9.17, 15) is 14.0 Å². The number of amides is 2. The second-order valence-corrected chi connectivity index (χ2v) is 9.72. The van der Waals surface area contributed by atoms with Gasteiger partial charge in [-0.05, 0) is 52.5 Å². The average molecular weight is 507 g/mol. The molecular weight excluding hydrogens is 474 g/mol. The Hall–Kier alpha value is -3.70. The first kappa shape index (κ1) is 26.9. The Bertz CT molecular complexity index is 1120. The molecule has 5 N–H and O–H groups in total. The quantitative estimate of drug-likeness (QED) is 0.398. The van der Waals surface area contributed by atoms with Gasteiger partial charge in [0.2, 0.25) is 5.88 Å². The van der Waals surface area contributed by atoms with Crippen molar-refractivity contribution in [3.8, 4) is 5.88 Å². The molecule has 1 aliphatic rings. The van der Waals surface area contributed by atoms with Crippen LogP contribution in [0.2, 0.25) is 0 Å². The largest absolute Gasteiger partial charge is 0.479 e. The summed E-state index contributed by atoms with van der Waals surface area (Å²) < 4.78 is 39.3. The predicted octanol–water partition coefficient (Wildman–Crippen LogP) is 4.10. The Morgan fingerprint density at radius 1 is 1.17 bits per heavy atom. The molecule has 0 aliphatic heterocycles. The van der Waals surface area contributed by atoms with Gasteiger partial charge in [0, 0.05) is 12.1 Å². The lowest BCUT2D eigenvalue weighted by molar-refractivity contribution is 0.0492. The number of carbonyl (C=O) groups excluding carboxylic acids is 2. The number of primary amides is 1. The molecule has 0 unspecified atom stereocenters. The van der Waals surface area contributed by atoms with Gasteiger partial charge in [-0.15, -0.1) is 0 Å². The summed E-state index contributed by atoms with van der Waals surface area (Å²) in [4.78, 5) is 32.3. The molecule has 196 valence electrons. The van der Waals surface area contributed by atoms with Gasteiger partial charge in [0.1, 0.15) is 11.4 Å². The molecule has 3 rings (SSSR count). The third kappa shape index (κ3) is 6.70. The van der Waals surface area contributed by atoms with Crippen LogP contribution in [0, 0.1) is 17.6 Å². The second kappa shape index (κ2) is 10.9. The first-order valence-electron chi connectivity index (χ1n) is 11.6. The highest BCUT2D eigenvalue weighted by molar-refractivity contribution is 5.98. The molecule has 0 radical (unpaired) electrons. The van der Waals surface area contributed by atoms with Crippen LogP contribution in [0.15, 0.2) is 18.3 Å². The molecule has 1 saturated carbocycles. The maximum Gasteiger partial charge on any atom is 0.407 e. The molecule has 0 spiro atoms. The van der Waals surface area contributed by atoms with Gasteiger partial charge in [0.25, 0.3) is 5.91 Å². The molecule has 36 heavy (non-hydrogen) atoms. The molecule has 2 atom stereocenters. The molecule has 2 aromatic rings. The number of ether oxygens (including phenoxy) is 2. The van der Waals surface area contributed by atoms with Crippen LogP contribution in [-0.2, 0) is 4.74 Å². The van der Waals surface area contributed by atoms with Crippen molar-refractivity contribution in [3.05, 3.63) is 35.5 Å². The SMILES string of the molecule is COc1ncc(Nc2nc(N[C@H](C3CCC3)[C@H](C)NC(=O)OC(C)(C)C)c(F)cc2C(N)=O)cc1F. The summed E-state index contributed by atoms with van der Waals surface area (Å²) in [5.41, 5.74) is 4.67. The van der Waals surface area contributed by atoms with Crippen LogP contribution in [-0.4, -0.2) is 46.8 Å². The zero-order chi connectivity index (χ0) is 26.6. The number of carbonyl (C=O) groups is 2. The molecule has 2 aromatic heterocycles. The number of pyridine rings is 2. The van der Waals surface area contributed by atoms with Crippen molar-refractivity contribution in [1.29, 1.82) is 0 Å². The maximum atomic E-state index is 15.0. The number of anilines is 3. The number of hydrogen-bond donors (Lipinski definition) is 4. The standard InChI is InChI=1S/C24H32F2N6O4/c1-12(29-23(34)36-24(2,3)4)18(13-7-6-8-13)31-21-16(25)10-15(19(27)33)20(32-21)30-14-9-17(26)22(35-5)28-11-14/h9-13,18H,6-8H2,1-5H3,(H2,27,33)(H,29,34)(H2,30,31,32)/t12-,18-/m0/s1. The van der Waals surface area contributed by atoms with Crippen molar-refractivity contribution in [1.82, 2.24) is 15.3 Å². The Labute approximate surface area is 208 Å². The summed E-state index contributed by atoms with van der Waals surface area (Å²) in [5.74, 6) is -2.76. The van der Waals surface area contributed by atoms with Crippen LogP contribution < -0.4 is 26.4 Å². The summed E-state index contributed by atoms with van der Waals surface area (Å²) in [6.45, 7) is 7.08. The minimum atomic E-state index is -0.923. The highest BCUT2D eigenvalue weighted by Gasteiger charge is 2.34. The van der Waals surface area contributed by atoms with E-state index in [1.807, 2.05) is 0 Å².